The van der Waals surface area contributed by atoms with E-state index in [-0.39, 0.29) is 19.3 Å². The molecule has 0 amide bonds. The van der Waals surface area contributed by atoms with Crippen molar-refractivity contribution < 1.29 is 48.7 Å². The summed E-state index contributed by atoms with van der Waals surface area (Å²) in [6.45, 7) is 2.99. The molecule has 2 rings (SSSR count). The fourth-order valence-electron chi connectivity index (χ4n) is 4.35. The third kappa shape index (κ3) is 12.7. The number of hydrogen-bond acceptors (Lipinski definition) is 11. The molecule has 2 fully saturated rings. The smallest absolute Gasteiger partial charge is 0.312 e. The van der Waals surface area contributed by atoms with Crippen molar-refractivity contribution in [2.45, 2.75) is 81.9 Å². The molecular weight excluding hydrogens is 556 g/mol. The van der Waals surface area contributed by atoms with E-state index in [1.807, 2.05) is 0 Å². The molecule has 4 unspecified atom stereocenters. The Kier molecular flexibility index (Phi) is 12.5. The maximum atomic E-state index is 11.7. The first-order valence-corrected chi connectivity index (χ1v) is 13.4. The number of thiocarbonyl (C=S) groups is 2. The molecule has 0 spiro atoms. The van der Waals surface area contributed by atoms with Gasteiger partial charge in [0.25, 0.3) is 0 Å². The Bertz CT molecular complexity index is 859. The number of hydrogen-bond donors (Lipinski definition) is 7. The molecule has 0 bridgehead atoms. The monoisotopic (exact) mass is 592 g/mol. The minimum Gasteiger partial charge on any atom is -0.481 e. The Balaban J connectivity index is 1.53. The highest BCUT2D eigenvalue weighted by atomic mass is 32.1. The van der Waals surface area contributed by atoms with Crippen LogP contribution in [0.25, 0.3) is 0 Å². The highest BCUT2D eigenvalue weighted by Crippen LogP contribution is 2.30. The molecule has 16 heteroatoms. The summed E-state index contributed by atoms with van der Waals surface area (Å²) in [6, 6.07) is 0. The molecule has 0 aromatic carbocycles. The van der Waals surface area contributed by atoms with Crippen LogP contribution >= 0.6 is 24.4 Å². The number of aliphatic carboxylic acids is 1. The molecule has 0 aromatic heterocycles. The molecule has 0 aromatic rings. The van der Waals surface area contributed by atoms with Crippen molar-refractivity contribution in [3.8, 4) is 0 Å². The summed E-state index contributed by atoms with van der Waals surface area (Å²) in [4.78, 5) is 45.5. The summed E-state index contributed by atoms with van der Waals surface area (Å²) in [5.74, 6) is -4.98. The van der Waals surface area contributed by atoms with Crippen molar-refractivity contribution in [1.82, 2.24) is 21.3 Å². The lowest BCUT2D eigenvalue weighted by atomic mass is 9.86. The summed E-state index contributed by atoms with van der Waals surface area (Å²) in [5, 5.41) is 42.4. The van der Waals surface area contributed by atoms with Gasteiger partial charge >= 0.3 is 23.9 Å². The summed E-state index contributed by atoms with van der Waals surface area (Å²) in [6.07, 6.45) is -1.05. The number of carboxylic acids is 1. The largest absolute Gasteiger partial charge is 0.481 e. The number of carboxylic acid groups (broad SMARTS) is 1. The van der Waals surface area contributed by atoms with Gasteiger partial charge in [-0.2, -0.15) is 0 Å². The van der Waals surface area contributed by atoms with Crippen molar-refractivity contribution in [3.05, 3.63) is 0 Å². The SMILES string of the molecule is CC(=O)OC1(O)CC(=O)OC(CCNC(=S)NCCCNC(=S)NCCC2CC(O)(CC(=O)O)CC(=O)O2)C1. The van der Waals surface area contributed by atoms with Crippen LogP contribution < -0.4 is 21.3 Å². The molecule has 0 saturated carbocycles. The second-order valence-electron chi connectivity index (χ2n) is 9.62. The molecule has 2 aliphatic rings. The summed E-state index contributed by atoms with van der Waals surface area (Å²) >= 11 is 10.4. The minimum absolute atomic E-state index is 0.0153. The quantitative estimate of drug-likeness (QED) is 0.0448. The average molecular weight is 593 g/mol. The lowest BCUT2D eigenvalue weighted by Gasteiger charge is -2.35. The van der Waals surface area contributed by atoms with Gasteiger partial charge in [0.2, 0.25) is 5.79 Å². The van der Waals surface area contributed by atoms with E-state index in [4.69, 9.17) is 43.8 Å². The first-order valence-electron chi connectivity index (χ1n) is 12.6. The van der Waals surface area contributed by atoms with E-state index in [1.54, 1.807) is 0 Å². The number of rotatable bonds is 13. The number of nitrogens with one attached hydrogen (secondary N) is 4. The predicted molar refractivity (Wildman–Crippen MR) is 143 cm³/mol. The van der Waals surface area contributed by atoms with E-state index in [0.29, 0.717) is 55.7 Å². The van der Waals surface area contributed by atoms with Gasteiger partial charge in [-0.3, -0.25) is 19.2 Å². The van der Waals surface area contributed by atoms with Crippen LogP contribution in [0.15, 0.2) is 0 Å². The van der Waals surface area contributed by atoms with Crippen LogP contribution in [-0.4, -0.2) is 99.2 Å². The lowest BCUT2D eigenvalue weighted by Crippen LogP contribution is -2.47. The lowest BCUT2D eigenvalue weighted by molar-refractivity contribution is -0.239. The zero-order valence-electron chi connectivity index (χ0n) is 21.7. The van der Waals surface area contributed by atoms with E-state index >= 15 is 0 Å². The van der Waals surface area contributed by atoms with Crippen LogP contribution in [0.5, 0.6) is 0 Å². The van der Waals surface area contributed by atoms with Crippen molar-refractivity contribution in [2.24, 2.45) is 0 Å². The van der Waals surface area contributed by atoms with E-state index < -0.39 is 60.3 Å². The van der Waals surface area contributed by atoms with Crippen LogP contribution in [0.3, 0.4) is 0 Å². The van der Waals surface area contributed by atoms with Gasteiger partial charge in [-0.1, -0.05) is 0 Å². The molecule has 7 N–H and O–H groups in total. The standard InChI is InChI=1S/C23H36N4O10S2/c1-14(28)37-23(34)10-16(36-19(32)13-23)4-8-27-21(39)25-6-2-5-24-20(38)26-7-3-15-9-22(33,11-17(29)30)12-18(31)35-15/h15-16,33-34H,2-13H2,1H3,(H,29,30)(H2,24,26,38)(H2,25,27,39). The van der Waals surface area contributed by atoms with Crippen LogP contribution in [-0.2, 0) is 33.4 Å². The van der Waals surface area contributed by atoms with Crippen LogP contribution in [0.1, 0.15) is 58.3 Å². The van der Waals surface area contributed by atoms with E-state index in [9.17, 15) is 29.4 Å². The minimum atomic E-state index is -1.86. The van der Waals surface area contributed by atoms with Crippen LogP contribution in [0, 0.1) is 0 Å². The summed E-state index contributed by atoms with van der Waals surface area (Å²) in [5.41, 5.74) is -1.60. The molecule has 39 heavy (non-hydrogen) atoms. The predicted octanol–water partition coefficient (Wildman–Crippen LogP) is -1.05. The fraction of sp³-hybridized carbons (Fsp3) is 0.739. The fourth-order valence-corrected chi connectivity index (χ4v) is 4.76. The first-order chi connectivity index (χ1) is 18.3. The van der Waals surface area contributed by atoms with Gasteiger partial charge in [0.15, 0.2) is 10.2 Å². The van der Waals surface area contributed by atoms with E-state index in [1.165, 1.54) is 0 Å². The third-order valence-corrected chi connectivity index (χ3v) is 6.46. The molecule has 14 nitrogen and oxygen atoms in total. The van der Waals surface area contributed by atoms with Gasteiger partial charge in [0.05, 0.1) is 24.9 Å². The van der Waals surface area contributed by atoms with Gasteiger partial charge in [-0.05, 0) is 30.9 Å². The average Bonchev–Trinajstić information content (AvgIpc) is 2.75. The number of carbonyl (C=O) groups excluding carboxylic acids is 3. The number of esters is 3. The summed E-state index contributed by atoms with van der Waals surface area (Å²) < 4.78 is 15.3. The number of aliphatic hydroxyl groups is 2. The van der Waals surface area contributed by atoms with Gasteiger partial charge in [0.1, 0.15) is 18.6 Å². The molecule has 4 atom stereocenters. The Morgan fingerprint density at radius 2 is 1.38 bits per heavy atom. The molecule has 220 valence electrons. The Morgan fingerprint density at radius 3 is 1.90 bits per heavy atom. The topological polar surface area (TPSA) is 205 Å². The van der Waals surface area contributed by atoms with Gasteiger partial charge in [0, 0.05) is 52.4 Å². The zero-order valence-corrected chi connectivity index (χ0v) is 23.3. The zero-order chi connectivity index (χ0) is 29.1. The van der Waals surface area contributed by atoms with Crippen molar-refractivity contribution >= 4 is 58.5 Å². The Morgan fingerprint density at radius 1 is 0.897 bits per heavy atom. The molecule has 2 heterocycles. The van der Waals surface area contributed by atoms with Gasteiger partial charge in [-0.15, -0.1) is 0 Å². The Hall–Kier alpha value is -2.82. The van der Waals surface area contributed by atoms with Crippen molar-refractivity contribution in [3.63, 3.8) is 0 Å². The molecule has 2 saturated heterocycles. The third-order valence-electron chi connectivity index (χ3n) is 5.89. The molecule has 2 aliphatic heterocycles. The van der Waals surface area contributed by atoms with Gasteiger partial charge in [-0.25, -0.2) is 0 Å². The van der Waals surface area contributed by atoms with Crippen LogP contribution in [0.2, 0.25) is 0 Å². The summed E-state index contributed by atoms with van der Waals surface area (Å²) in [7, 11) is 0. The molecular formula is C23H36N4O10S2. The molecule has 0 aliphatic carbocycles. The number of cyclic esters (lactones) is 2. The number of ether oxygens (including phenoxy) is 3. The first kappa shape index (κ1) is 32.4. The normalized spacial score (nSPS) is 26.4. The maximum Gasteiger partial charge on any atom is 0.312 e. The highest BCUT2D eigenvalue weighted by Gasteiger charge is 2.43. The maximum absolute atomic E-state index is 11.7. The second-order valence-corrected chi connectivity index (χ2v) is 10.4. The molecule has 0 radical (unpaired) electrons. The van der Waals surface area contributed by atoms with Crippen LogP contribution in [0.4, 0.5) is 0 Å². The van der Waals surface area contributed by atoms with Crippen molar-refractivity contribution in [1.29, 1.82) is 0 Å². The number of carbonyl (C=O) groups is 4. The van der Waals surface area contributed by atoms with Crippen molar-refractivity contribution in [2.75, 3.05) is 26.2 Å². The highest BCUT2D eigenvalue weighted by molar-refractivity contribution is 7.80. The van der Waals surface area contributed by atoms with E-state index in [0.717, 1.165) is 6.92 Å². The Labute approximate surface area is 236 Å². The van der Waals surface area contributed by atoms with E-state index in [2.05, 4.69) is 21.3 Å². The second kappa shape index (κ2) is 15.1. The van der Waals surface area contributed by atoms with Gasteiger partial charge < -0.3 is 50.8 Å².